The van der Waals surface area contributed by atoms with Gasteiger partial charge in [-0.2, -0.15) is 0 Å². The van der Waals surface area contributed by atoms with E-state index < -0.39 is 0 Å². The molecule has 0 atom stereocenters. The summed E-state index contributed by atoms with van der Waals surface area (Å²) in [5.74, 6) is -0.281. The molecule has 0 saturated carbocycles. The highest BCUT2D eigenvalue weighted by atomic mass is 32.1. The Morgan fingerprint density at radius 1 is 1.35 bits per heavy atom. The Balaban J connectivity index is 2.19. The third-order valence-corrected chi connectivity index (χ3v) is 4.61. The number of benzene rings is 1. The zero-order valence-corrected chi connectivity index (χ0v) is 13.5. The van der Waals surface area contributed by atoms with E-state index >= 15 is 0 Å². The molecule has 0 unspecified atom stereocenters. The van der Waals surface area contributed by atoms with Gasteiger partial charge in [0.2, 0.25) is 0 Å². The number of aromatic nitrogens is 1. The lowest BCUT2D eigenvalue weighted by Gasteiger charge is -2.06. The molecule has 0 bridgehead atoms. The fourth-order valence-electron chi connectivity index (χ4n) is 2.51. The highest BCUT2D eigenvalue weighted by Gasteiger charge is 2.20. The number of hydrogen-bond donors (Lipinski definition) is 3. The van der Waals surface area contributed by atoms with Crippen molar-refractivity contribution in [2.75, 3.05) is 18.9 Å². The largest absolute Gasteiger partial charge is 0.397 e. The van der Waals surface area contributed by atoms with Crippen molar-refractivity contribution >= 4 is 33.1 Å². The van der Waals surface area contributed by atoms with Crippen molar-refractivity contribution in [3.8, 4) is 11.1 Å². The summed E-state index contributed by atoms with van der Waals surface area (Å²) in [7, 11) is 0. The van der Waals surface area contributed by atoms with Crippen molar-refractivity contribution < 1.29 is 9.90 Å². The third kappa shape index (κ3) is 2.91. The molecule has 0 aliphatic rings. The second-order valence-corrected chi connectivity index (χ2v) is 6.18. The number of aryl methyl sites for hydroxylation is 1. The highest BCUT2D eigenvalue weighted by Crippen LogP contribution is 2.39. The molecule has 0 fully saturated rings. The minimum Gasteiger partial charge on any atom is -0.397 e. The van der Waals surface area contributed by atoms with Crippen LogP contribution >= 0.6 is 11.3 Å². The second-order valence-electron chi connectivity index (χ2n) is 5.18. The molecule has 0 spiro atoms. The highest BCUT2D eigenvalue weighted by molar-refractivity contribution is 7.21. The molecule has 3 aromatic rings. The predicted octanol–water partition coefficient (Wildman–Crippen LogP) is 2.58. The minimum absolute atomic E-state index is 0.108. The van der Waals surface area contributed by atoms with Crippen molar-refractivity contribution in [3.63, 3.8) is 0 Å². The molecule has 0 aliphatic heterocycles. The lowest BCUT2D eigenvalue weighted by Crippen LogP contribution is -2.26. The number of carbonyl (C=O) groups is 1. The number of nitrogens with one attached hydrogen (secondary N) is 1. The van der Waals surface area contributed by atoms with E-state index in [4.69, 9.17) is 10.8 Å². The summed E-state index contributed by atoms with van der Waals surface area (Å²) >= 11 is 1.28. The van der Waals surface area contributed by atoms with Gasteiger partial charge in [0.25, 0.3) is 5.91 Å². The number of rotatable bonds is 4. The maximum absolute atomic E-state index is 12.2. The van der Waals surface area contributed by atoms with Gasteiger partial charge in [0.15, 0.2) is 0 Å². The average Bonchev–Trinajstić information content (AvgIpc) is 2.89. The molecular formula is C17H17N3O2S. The Labute approximate surface area is 137 Å². The molecule has 6 heteroatoms. The fraction of sp³-hybridized carbons (Fsp3) is 0.176. The average molecular weight is 327 g/mol. The van der Waals surface area contributed by atoms with Gasteiger partial charge in [0, 0.05) is 17.6 Å². The minimum atomic E-state index is -0.281. The summed E-state index contributed by atoms with van der Waals surface area (Å²) in [6, 6.07) is 11.9. The van der Waals surface area contributed by atoms with Crippen LogP contribution in [0.25, 0.3) is 21.3 Å². The van der Waals surface area contributed by atoms with E-state index in [1.165, 1.54) is 11.3 Å². The Kier molecular flexibility index (Phi) is 4.27. The van der Waals surface area contributed by atoms with Crippen LogP contribution < -0.4 is 11.1 Å². The number of aliphatic hydroxyl groups excluding tert-OH is 1. The second kappa shape index (κ2) is 6.36. The van der Waals surface area contributed by atoms with Crippen LogP contribution in [0.3, 0.4) is 0 Å². The molecule has 23 heavy (non-hydrogen) atoms. The molecule has 0 radical (unpaired) electrons. The quantitative estimate of drug-likeness (QED) is 0.687. The number of fused-ring (bicyclic) bond motifs is 1. The zero-order valence-electron chi connectivity index (χ0n) is 12.7. The van der Waals surface area contributed by atoms with Crippen molar-refractivity contribution in [1.29, 1.82) is 0 Å². The molecule has 0 aliphatic carbocycles. The molecule has 118 valence electrons. The molecule has 4 N–H and O–H groups in total. The van der Waals surface area contributed by atoms with Crippen molar-refractivity contribution in [2.24, 2.45) is 0 Å². The fourth-order valence-corrected chi connectivity index (χ4v) is 3.59. The van der Waals surface area contributed by atoms with E-state index in [-0.39, 0.29) is 19.1 Å². The number of nitrogens with two attached hydrogens (primary N) is 1. The van der Waals surface area contributed by atoms with Gasteiger partial charge >= 0.3 is 0 Å². The molecule has 3 rings (SSSR count). The van der Waals surface area contributed by atoms with Crippen LogP contribution in [0, 0.1) is 6.92 Å². The summed E-state index contributed by atoms with van der Waals surface area (Å²) in [5, 5.41) is 12.3. The van der Waals surface area contributed by atoms with Gasteiger partial charge in [-0.25, -0.2) is 4.98 Å². The lowest BCUT2D eigenvalue weighted by atomic mass is 10.0. The number of aliphatic hydroxyl groups is 1. The Hall–Kier alpha value is -2.44. The molecule has 1 aromatic carbocycles. The standard InChI is InChI=1S/C17H17N3O2S/c1-10-9-12(11-5-3-2-4-6-11)13-14(18)15(23-17(13)20-10)16(22)19-7-8-21/h2-6,9,21H,7-8,18H2,1H3,(H,19,22). The van der Waals surface area contributed by atoms with E-state index in [9.17, 15) is 4.79 Å². The van der Waals surface area contributed by atoms with E-state index in [1.807, 2.05) is 43.3 Å². The monoisotopic (exact) mass is 327 g/mol. The molecule has 0 saturated heterocycles. The van der Waals surface area contributed by atoms with Gasteiger partial charge < -0.3 is 16.2 Å². The zero-order chi connectivity index (χ0) is 16.4. The first kappa shape index (κ1) is 15.5. The SMILES string of the molecule is Cc1cc(-c2ccccc2)c2c(N)c(C(=O)NCCO)sc2n1. The van der Waals surface area contributed by atoms with Crippen LogP contribution in [0.2, 0.25) is 0 Å². The summed E-state index contributed by atoms with van der Waals surface area (Å²) in [6.07, 6.45) is 0. The van der Waals surface area contributed by atoms with E-state index in [2.05, 4.69) is 10.3 Å². The summed E-state index contributed by atoms with van der Waals surface area (Å²) in [6.45, 7) is 2.01. The normalized spacial score (nSPS) is 10.9. The first-order valence-corrected chi connectivity index (χ1v) is 8.07. The van der Waals surface area contributed by atoms with Gasteiger partial charge in [-0.05, 0) is 24.1 Å². The number of hydrogen-bond acceptors (Lipinski definition) is 5. The van der Waals surface area contributed by atoms with Crippen molar-refractivity contribution in [1.82, 2.24) is 10.3 Å². The number of nitrogen functional groups attached to an aromatic ring is 1. The van der Waals surface area contributed by atoms with E-state index in [1.54, 1.807) is 0 Å². The molecule has 5 nitrogen and oxygen atoms in total. The van der Waals surface area contributed by atoms with E-state index in [0.29, 0.717) is 10.6 Å². The number of carbonyl (C=O) groups excluding carboxylic acids is 1. The van der Waals surface area contributed by atoms with Gasteiger partial charge in [0.05, 0.1) is 12.3 Å². The van der Waals surface area contributed by atoms with Crippen LogP contribution in [0.1, 0.15) is 15.4 Å². The van der Waals surface area contributed by atoms with Crippen LogP contribution in [0.4, 0.5) is 5.69 Å². The first-order chi connectivity index (χ1) is 11.1. The summed E-state index contributed by atoms with van der Waals surface area (Å²) in [4.78, 5) is 17.9. The first-order valence-electron chi connectivity index (χ1n) is 7.26. The maximum atomic E-state index is 12.2. The Bertz CT molecular complexity index is 859. The molecule has 2 aromatic heterocycles. The van der Waals surface area contributed by atoms with Gasteiger partial charge in [-0.3, -0.25) is 4.79 Å². The van der Waals surface area contributed by atoms with Crippen LogP contribution in [-0.4, -0.2) is 29.1 Å². The maximum Gasteiger partial charge on any atom is 0.263 e. The number of pyridine rings is 1. The van der Waals surface area contributed by atoms with Crippen molar-refractivity contribution in [3.05, 3.63) is 47.0 Å². The number of thiophene rings is 1. The Morgan fingerprint density at radius 2 is 2.09 bits per heavy atom. The number of amides is 1. The Morgan fingerprint density at radius 3 is 2.78 bits per heavy atom. The van der Waals surface area contributed by atoms with Crippen LogP contribution in [-0.2, 0) is 0 Å². The van der Waals surface area contributed by atoms with Crippen LogP contribution in [0.5, 0.6) is 0 Å². The van der Waals surface area contributed by atoms with Gasteiger partial charge in [-0.1, -0.05) is 30.3 Å². The molecule has 2 heterocycles. The topological polar surface area (TPSA) is 88.2 Å². The van der Waals surface area contributed by atoms with Gasteiger partial charge in [0.1, 0.15) is 9.71 Å². The summed E-state index contributed by atoms with van der Waals surface area (Å²) in [5.41, 5.74) is 9.57. The van der Waals surface area contributed by atoms with Crippen molar-refractivity contribution in [2.45, 2.75) is 6.92 Å². The predicted molar refractivity (Wildman–Crippen MR) is 93.6 cm³/mol. The van der Waals surface area contributed by atoms with Crippen LogP contribution in [0.15, 0.2) is 36.4 Å². The number of nitrogens with zero attached hydrogens (tertiary/aromatic N) is 1. The third-order valence-electron chi connectivity index (χ3n) is 3.52. The summed E-state index contributed by atoms with van der Waals surface area (Å²) < 4.78 is 0. The smallest absolute Gasteiger partial charge is 0.263 e. The van der Waals surface area contributed by atoms with Gasteiger partial charge in [-0.15, -0.1) is 11.3 Å². The molecular weight excluding hydrogens is 310 g/mol. The number of anilines is 1. The molecule has 1 amide bonds. The van der Waals surface area contributed by atoms with E-state index in [0.717, 1.165) is 27.0 Å². The lowest BCUT2D eigenvalue weighted by molar-refractivity contribution is 0.0949.